The molecule has 0 radical (unpaired) electrons. The minimum absolute atomic E-state index is 0. The predicted octanol–water partition coefficient (Wildman–Crippen LogP) is 2.74. The molecule has 2 aromatic rings. The zero-order chi connectivity index (χ0) is 17.2. The Bertz CT molecular complexity index is 752. The Morgan fingerprint density at radius 2 is 2.04 bits per heavy atom. The Morgan fingerprint density at radius 1 is 1.27 bits per heavy atom. The number of nitrogens with one attached hydrogen (secondary N) is 1. The molecule has 0 bridgehead atoms. The first kappa shape index (κ1) is 18.9. The number of halogens is 1. The first-order chi connectivity index (χ1) is 12.2. The fourth-order valence-corrected chi connectivity index (χ4v) is 3.53. The zero-order valence-electron chi connectivity index (χ0n) is 15.1. The molecule has 1 N–H and O–H groups in total. The van der Waals surface area contributed by atoms with Crippen molar-refractivity contribution in [2.75, 3.05) is 13.1 Å². The van der Waals surface area contributed by atoms with Crippen LogP contribution < -0.4 is 5.32 Å². The number of carbonyl (C=O) groups is 1. The highest BCUT2D eigenvalue weighted by Gasteiger charge is 2.34. The molecule has 7 heteroatoms. The maximum absolute atomic E-state index is 13.0. The number of hydrogen-bond acceptors (Lipinski definition) is 4. The van der Waals surface area contributed by atoms with Gasteiger partial charge in [-0.25, -0.2) is 4.68 Å². The smallest absolute Gasteiger partial charge is 0.276 e. The number of rotatable bonds is 5. The van der Waals surface area contributed by atoms with Crippen molar-refractivity contribution in [2.45, 2.75) is 51.2 Å². The average Bonchev–Trinajstić information content (AvgIpc) is 3.35. The number of aryl methyl sites for hydroxylation is 1. The van der Waals surface area contributed by atoms with E-state index >= 15 is 0 Å². The summed E-state index contributed by atoms with van der Waals surface area (Å²) in [4.78, 5) is 15.0. The lowest BCUT2D eigenvalue weighted by Gasteiger charge is -2.22. The summed E-state index contributed by atoms with van der Waals surface area (Å²) >= 11 is 0. The van der Waals surface area contributed by atoms with Crippen LogP contribution in [0.3, 0.4) is 0 Å². The molecular weight excluding hydrogens is 350 g/mol. The van der Waals surface area contributed by atoms with E-state index in [9.17, 15) is 4.79 Å². The van der Waals surface area contributed by atoms with Gasteiger partial charge in [0.15, 0.2) is 5.69 Å². The summed E-state index contributed by atoms with van der Waals surface area (Å²) in [7, 11) is 0. The average molecular weight is 376 g/mol. The second-order valence-electron chi connectivity index (χ2n) is 7.22. The van der Waals surface area contributed by atoms with E-state index in [-0.39, 0.29) is 18.3 Å². The molecule has 1 aliphatic carbocycles. The van der Waals surface area contributed by atoms with E-state index in [2.05, 4.69) is 40.8 Å². The van der Waals surface area contributed by atoms with Crippen LogP contribution >= 0.6 is 12.4 Å². The first-order valence-electron chi connectivity index (χ1n) is 9.20. The quantitative estimate of drug-likeness (QED) is 0.872. The van der Waals surface area contributed by atoms with Crippen molar-refractivity contribution >= 4 is 18.3 Å². The molecule has 1 aliphatic heterocycles. The highest BCUT2D eigenvalue weighted by Crippen LogP contribution is 2.30. The first-order valence-corrected chi connectivity index (χ1v) is 9.20. The highest BCUT2D eigenvalue weighted by molar-refractivity contribution is 5.92. The molecule has 1 aromatic carbocycles. The molecule has 1 saturated carbocycles. The molecule has 2 heterocycles. The van der Waals surface area contributed by atoms with Gasteiger partial charge in [-0.05, 0) is 51.3 Å². The van der Waals surface area contributed by atoms with Gasteiger partial charge in [0.25, 0.3) is 5.91 Å². The number of nitrogens with zero attached hydrogens (tertiary/aromatic N) is 4. The summed E-state index contributed by atoms with van der Waals surface area (Å²) in [5.41, 5.74) is 2.86. The van der Waals surface area contributed by atoms with E-state index in [4.69, 9.17) is 0 Å². The summed E-state index contributed by atoms with van der Waals surface area (Å²) in [5.74, 6) is 0.00388. The number of benzene rings is 1. The predicted molar refractivity (Wildman–Crippen MR) is 102 cm³/mol. The highest BCUT2D eigenvalue weighted by atomic mass is 35.5. The number of carbonyl (C=O) groups excluding carboxylic acids is 1. The van der Waals surface area contributed by atoms with E-state index < -0.39 is 0 Å². The van der Waals surface area contributed by atoms with Gasteiger partial charge in [-0.15, -0.1) is 17.5 Å². The van der Waals surface area contributed by atoms with E-state index in [1.807, 2.05) is 21.8 Å². The Balaban J connectivity index is 0.00000196. The third-order valence-corrected chi connectivity index (χ3v) is 5.10. The van der Waals surface area contributed by atoms with E-state index in [1.165, 1.54) is 11.1 Å². The molecule has 0 spiro atoms. The second kappa shape index (κ2) is 8.18. The van der Waals surface area contributed by atoms with Crippen LogP contribution in [0.25, 0.3) is 0 Å². The summed E-state index contributed by atoms with van der Waals surface area (Å²) in [6.45, 7) is 4.72. The third kappa shape index (κ3) is 4.24. The summed E-state index contributed by atoms with van der Waals surface area (Å²) in [5, 5.41) is 11.8. The Labute approximate surface area is 160 Å². The standard InChI is InChI=1S/C19H25N5O.ClH/c1-14-3-2-4-15(11-14)12-23(16-5-6-16)19(25)18-13-24(22-21-18)17-7-9-20-10-8-17;/h2-4,11,13,16-17,20H,5-10,12H2,1H3;1H. The van der Waals surface area contributed by atoms with Crippen LogP contribution in [0.2, 0.25) is 0 Å². The van der Waals surface area contributed by atoms with E-state index in [1.54, 1.807) is 0 Å². The molecule has 1 aromatic heterocycles. The van der Waals surface area contributed by atoms with Crippen molar-refractivity contribution in [1.82, 2.24) is 25.2 Å². The number of piperidine rings is 1. The monoisotopic (exact) mass is 375 g/mol. The lowest BCUT2D eigenvalue weighted by atomic mass is 10.1. The molecule has 0 atom stereocenters. The fourth-order valence-electron chi connectivity index (χ4n) is 3.53. The van der Waals surface area contributed by atoms with Gasteiger partial charge in [-0.2, -0.15) is 0 Å². The molecule has 2 fully saturated rings. The largest absolute Gasteiger partial charge is 0.330 e. The molecule has 2 aliphatic rings. The molecule has 0 unspecified atom stereocenters. The summed E-state index contributed by atoms with van der Waals surface area (Å²) in [6, 6.07) is 9.06. The maximum Gasteiger partial charge on any atom is 0.276 e. The van der Waals surface area contributed by atoms with Crippen molar-refractivity contribution in [3.8, 4) is 0 Å². The number of amides is 1. The van der Waals surface area contributed by atoms with Gasteiger partial charge in [0.05, 0.1) is 12.2 Å². The van der Waals surface area contributed by atoms with Crippen molar-refractivity contribution < 1.29 is 4.79 Å². The Hall–Kier alpha value is -1.92. The molecule has 6 nitrogen and oxygen atoms in total. The topological polar surface area (TPSA) is 63.1 Å². The minimum Gasteiger partial charge on any atom is -0.330 e. The summed E-state index contributed by atoms with van der Waals surface area (Å²) < 4.78 is 1.88. The van der Waals surface area contributed by atoms with Gasteiger partial charge in [0.1, 0.15) is 0 Å². The van der Waals surface area contributed by atoms with Crippen molar-refractivity contribution in [2.24, 2.45) is 0 Å². The summed E-state index contributed by atoms with van der Waals surface area (Å²) in [6.07, 6.45) is 6.07. The van der Waals surface area contributed by atoms with Crippen molar-refractivity contribution in [3.05, 3.63) is 47.3 Å². The van der Waals surface area contributed by atoms with Crippen LogP contribution in [0.5, 0.6) is 0 Å². The number of hydrogen-bond donors (Lipinski definition) is 1. The van der Waals surface area contributed by atoms with Crippen LogP contribution in [-0.2, 0) is 6.54 Å². The van der Waals surface area contributed by atoms with Crippen LogP contribution in [0.1, 0.15) is 53.3 Å². The molecule has 1 amide bonds. The normalized spacial score (nSPS) is 17.6. The second-order valence-corrected chi connectivity index (χ2v) is 7.22. The lowest BCUT2D eigenvalue weighted by molar-refractivity contribution is 0.0723. The molecular formula is C19H26ClN5O. The van der Waals surface area contributed by atoms with E-state index in [0.717, 1.165) is 38.8 Å². The minimum atomic E-state index is 0. The number of aromatic nitrogens is 3. The van der Waals surface area contributed by atoms with Crippen molar-refractivity contribution in [3.63, 3.8) is 0 Å². The maximum atomic E-state index is 13.0. The fraction of sp³-hybridized carbons (Fsp3) is 0.526. The van der Waals surface area contributed by atoms with E-state index in [0.29, 0.717) is 24.3 Å². The molecule has 26 heavy (non-hydrogen) atoms. The van der Waals surface area contributed by atoms with Crippen LogP contribution in [-0.4, -0.2) is 44.9 Å². The lowest BCUT2D eigenvalue weighted by Crippen LogP contribution is -2.33. The van der Waals surface area contributed by atoms with Crippen molar-refractivity contribution in [1.29, 1.82) is 0 Å². The van der Waals surface area contributed by atoms with Gasteiger partial charge in [-0.3, -0.25) is 4.79 Å². The molecule has 140 valence electrons. The van der Waals surface area contributed by atoms with Gasteiger partial charge in [0.2, 0.25) is 0 Å². The van der Waals surface area contributed by atoms with Gasteiger partial charge in [0, 0.05) is 12.6 Å². The Kier molecular flexibility index (Phi) is 5.94. The Morgan fingerprint density at radius 3 is 2.73 bits per heavy atom. The van der Waals surface area contributed by atoms with Crippen LogP contribution in [0.4, 0.5) is 0 Å². The third-order valence-electron chi connectivity index (χ3n) is 5.10. The van der Waals surface area contributed by atoms with Crippen LogP contribution in [0, 0.1) is 6.92 Å². The SMILES string of the molecule is Cc1cccc(CN(C(=O)c2cn(C3CCNCC3)nn2)C2CC2)c1.Cl. The van der Waals surface area contributed by atoms with Gasteiger partial charge < -0.3 is 10.2 Å². The van der Waals surface area contributed by atoms with Gasteiger partial charge in [-0.1, -0.05) is 35.0 Å². The van der Waals surface area contributed by atoms with Crippen LogP contribution in [0.15, 0.2) is 30.5 Å². The molecule has 1 saturated heterocycles. The zero-order valence-corrected chi connectivity index (χ0v) is 15.9. The molecule has 4 rings (SSSR count). The van der Waals surface area contributed by atoms with Gasteiger partial charge >= 0.3 is 0 Å².